The Labute approximate surface area is 151 Å². The second kappa shape index (κ2) is 6.37. The number of methoxy groups -OCH3 is 2. The Kier molecular flexibility index (Phi) is 4.03. The summed E-state index contributed by atoms with van der Waals surface area (Å²) in [5, 5.41) is 10.8. The predicted molar refractivity (Wildman–Crippen MR) is 98.4 cm³/mol. The first-order valence-electron chi connectivity index (χ1n) is 8.42. The molecule has 1 aliphatic carbocycles. The number of anilines is 1. The molecule has 2 N–H and O–H groups in total. The van der Waals surface area contributed by atoms with Gasteiger partial charge >= 0.3 is 0 Å². The Balaban J connectivity index is 1.61. The van der Waals surface area contributed by atoms with E-state index >= 15 is 0 Å². The van der Waals surface area contributed by atoms with Crippen molar-refractivity contribution in [3.05, 3.63) is 58.4 Å². The van der Waals surface area contributed by atoms with Crippen molar-refractivity contribution >= 4 is 5.82 Å². The molecule has 5 nitrogen and oxygen atoms in total. The van der Waals surface area contributed by atoms with E-state index in [-0.39, 0.29) is 5.82 Å². The SMILES string of the molecule is COc1cc2c(cc1OC)-c1[nH]nc(NCc3cc(F)ccc3C)c1C2. The molecule has 134 valence electrons. The second-order valence-electron chi connectivity index (χ2n) is 6.39. The van der Waals surface area contributed by atoms with Gasteiger partial charge in [0.25, 0.3) is 0 Å². The van der Waals surface area contributed by atoms with Gasteiger partial charge in [-0.15, -0.1) is 0 Å². The first-order chi connectivity index (χ1) is 12.6. The molecule has 1 aliphatic rings. The molecule has 1 heterocycles. The van der Waals surface area contributed by atoms with E-state index < -0.39 is 0 Å². The van der Waals surface area contributed by atoms with Crippen LogP contribution in [0.5, 0.6) is 11.5 Å². The number of fused-ring (bicyclic) bond motifs is 3. The lowest BCUT2D eigenvalue weighted by atomic mass is 10.1. The minimum absolute atomic E-state index is 0.230. The first-order valence-corrected chi connectivity index (χ1v) is 8.42. The largest absolute Gasteiger partial charge is 0.493 e. The summed E-state index contributed by atoms with van der Waals surface area (Å²) in [5.74, 6) is 1.97. The van der Waals surface area contributed by atoms with E-state index in [1.54, 1.807) is 26.4 Å². The molecule has 0 bridgehead atoms. The maximum Gasteiger partial charge on any atom is 0.161 e. The van der Waals surface area contributed by atoms with E-state index in [0.717, 1.165) is 45.7 Å². The third-order valence-corrected chi connectivity index (χ3v) is 4.87. The summed E-state index contributed by atoms with van der Waals surface area (Å²) in [6.07, 6.45) is 0.756. The molecular formula is C20H20FN3O2. The zero-order valence-corrected chi connectivity index (χ0v) is 14.9. The summed E-state index contributed by atoms with van der Waals surface area (Å²) in [7, 11) is 3.26. The number of benzene rings is 2. The summed E-state index contributed by atoms with van der Waals surface area (Å²) in [6.45, 7) is 2.49. The molecule has 3 aromatic rings. The molecule has 0 aliphatic heterocycles. The van der Waals surface area contributed by atoms with Crippen molar-refractivity contribution in [1.29, 1.82) is 0 Å². The highest BCUT2D eigenvalue weighted by molar-refractivity contribution is 5.80. The quantitative estimate of drug-likeness (QED) is 0.568. The molecule has 0 saturated carbocycles. The average molecular weight is 353 g/mol. The second-order valence-corrected chi connectivity index (χ2v) is 6.39. The number of aryl methyl sites for hydroxylation is 1. The lowest BCUT2D eigenvalue weighted by Crippen LogP contribution is -2.04. The number of aromatic amines is 1. The van der Waals surface area contributed by atoms with Crippen molar-refractivity contribution < 1.29 is 13.9 Å². The van der Waals surface area contributed by atoms with E-state index in [4.69, 9.17) is 9.47 Å². The van der Waals surface area contributed by atoms with E-state index in [1.807, 2.05) is 19.1 Å². The van der Waals surface area contributed by atoms with Crippen LogP contribution in [-0.2, 0) is 13.0 Å². The van der Waals surface area contributed by atoms with Gasteiger partial charge in [0.05, 0.1) is 19.9 Å². The Morgan fingerprint density at radius 2 is 1.92 bits per heavy atom. The molecular weight excluding hydrogens is 333 g/mol. The predicted octanol–water partition coefficient (Wildman–Crippen LogP) is 4.06. The fourth-order valence-electron chi connectivity index (χ4n) is 3.41. The third kappa shape index (κ3) is 2.67. The molecule has 0 fully saturated rings. The number of aromatic nitrogens is 2. The van der Waals surface area contributed by atoms with Gasteiger partial charge < -0.3 is 14.8 Å². The average Bonchev–Trinajstić information content (AvgIpc) is 3.20. The third-order valence-electron chi connectivity index (χ3n) is 4.87. The van der Waals surface area contributed by atoms with E-state index in [2.05, 4.69) is 15.5 Å². The number of ether oxygens (including phenoxy) is 2. The molecule has 2 aromatic carbocycles. The monoisotopic (exact) mass is 353 g/mol. The smallest absolute Gasteiger partial charge is 0.161 e. The molecule has 4 rings (SSSR count). The van der Waals surface area contributed by atoms with Gasteiger partial charge in [-0.3, -0.25) is 5.10 Å². The van der Waals surface area contributed by atoms with Crippen molar-refractivity contribution in [2.45, 2.75) is 19.9 Å². The number of H-pyrrole nitrogens is 1. The number of halogens is 1. The highest BCUT2D eigenvalue weighted by atomic mass is 19.1. The van der Waals surface area contributed by atoms with Crippen LogP contribution in [0, 0.1) is 12.7 Å². The molecule has 0 radical (unpaired) electrons. The van der Waals surface area contributed by atoms with Gasteiger partial charge in [0, 0.05) is 24.1 Å². The Hall–Kier alpha value is -3.02. The summed E-state index contributed by atoms with van der Waals surface area (Å²) < 4.78 is 24.3. The van der Waals surface area contributed by atoms with Crippen LogP contribution in [0.4, 0.5) is 10.2 Å². The standard InChI is InChI=1S/C20H20FN3O2/c1-11-4-5-14(21)6-13(11)10-22-20-16-7-12-8-17(25-2)18(26-3)9-15(12)19(16)23-24-20/h4-6,8-9H,7,10H2,1-3H3,(H2,22,23,24). The van der Waals surface area contributed by atoms with Crippen molar-refractivity contribution in [2.24, 2.45) is 0 Å². The number of hydrogen-bond donors (Lipinski definition) is 2. The van der Waals surface area contributed by atoms with E-state index in [1.165, 1.54) is 6.07 Å². The molecule has 1 aromatic heterocycles. The maximum atomic E-state index is 13.5. The number of hydrogen-bond acceptors (Lipinski definition) is 4. The zero-order chi connectivity index (χ0) is 18.3. The van der Waals surface area contributed by atoms with Crippen LogP contribution < -0.4 is 14.8 Å². The van der Waals surface area contributed by atoms with Crippen LogP contribution in [0.15, 0.2) is 30.3 Å². The zero-order valence-electron chi connectivity index (χ0n) is 14.9. The maximum absolute atomic E-state index is 13.5. The number of nitrogens with one attached hydrogen (secondary N) is 2. The van der Waals surface area contributed by atoms with Crippen LogP contribution in [0.1, 0.15) is 22.3 Å². The van der Waals surface area contributed by atoms with Gasteiger partial charge in [-0.05, 0) is 47.9 Å². The topological polar surface area (TPSA) is 59.2 Å². The van der Waals surface area contributed by atoms with E-state index in [0.29, 0.717) is 18.0 Å². The normalized spacial score (nSPS) is 11.8. The van der Waals surface area contributed by atoms with Crippen molar-refractivity contribution in [3.8, 4) is 22.8 Å². The van der Waals surface area contributed by atoms with Gasteiger partial charge in [0.2, 0.25) is 0 Å². The highest BCUT2D eigenvalue weighted by Gasteiger charge is 2.26. The molecule has 0 unspecified atom stereocenters. The lowest BCUT2D eigenvalue weighted by molar-refractivity contribution is 0.355. The fraction of sp³-hybridized carbons (Fsp3) is 0.250. The van der Waals surface area contributed by atoms with Gasteiger partial charge in [-0.2, -0.15) is 5.10 Å². The summed E-state index contributed by atoms with van der Waals surface area (Å²) in [6, 6.07) is 8.79. The van der Waals surface area contributed by atoms with Crippen LogP contribution in [-0.4, -0.2) is 24.4 Å². The molecule has 6 heteroatoms. The minimum Gasteiger partial charge on any atom is -0.493 e. The van der Waals surface area contributed by atoms with Crippen molar-refractivity contribution in [1.82, 2.24) is 10.2 Å². The minimum atomic E-state index is -0.230. The van der Waals surface area contributed by atoms with Crippen LogP contribution in [0.2, 0.25) is 0 Å². The van der Waals surface area contributed by atoms with Gasteiger partial charge in [-0.25, -0.2) is 4.39 Å². The highest BCUT2D eigenvalue weighted by Crippen LogP contribution is 2.43. The van der Waals surface area contributed by atoms with Gasteiger partial charge in [0.15, 0.2) is 17.3 Å². The Morgan fingerprint density at radius 3 is 2.69 bits per heavy atom. The van der Waals surface area contributed by atoms with Crippen LogP contribution in [0.25, 0.3) is 11.3 Å². The van der Waals surface area contributed by atoms with Crippen LogP contribution in [0.3, 0.4) is 0 Å². The molecule has 0 saturated heterocycles. The molecule has 0 atom stereocenters. The first kappa shape index (κ1) is 16.4. The molecule has 0 spiro atoms. The molecule has 0 amide bonds. The Morgan fingerprint density at radius 1 is 1.15 bits per heavy atom. The summed E-state index contributed by atoms with van der Waals surface area (Å²) >= 11 is 0. The van der Waals surface area contributed by atoms with E-state index in [9.17, 15) is 4.39 Å². The Bertz CT molecular complexity index is 981. The summed E-state index contributed by atoms with van der Waals surface area (Å²) in [4.78, 5) is 0. The van der Waals surface area contributed by atoms with Crippen molar-refractivity contribution in [2.75, 3.05) is 19.5 Å². The van der Waals surface area contributed by atoms with Crippen molar-refractivity contribution in [3.63, 3.8) is 0 Å². The van der Waals surface area contributed by atoms with Gasteiger partial charge in [0.1, 0.15) is 5.82 Å². The molecule has 26 heavy (non-hydrogen) atoms. The number of nitrogens with zero attached hydrogens (tertiary/aromatic N) is 1. The summed E-state index contributed by atoms with van der Waals surface area (Å²) in [5.41, 5.74) is 6.28. The number of rotatable bonds is 5. The van der Waals surface area contributed by atoms with Crippen LogP contribution >= 0.6 is 0 Å². The fourth-order valence-corrected chi connectivity index (χ4v) is 3.41. The lowest BCUT2D eigenvalue weighted by Gasteiger charge is -2.10. The van der Waals surface area contributed by atoms with Gasteiger partial charge in [-0.1, -0.05) is 6.07 Å².